The first kappa shape index (κ1) is 12.2. The number of nitrogens with zero attached hydrogens (tertiary/aromatic N) is 1. The van der Waals surface area contributed by atoms with Gasteiger partial charge in [-0.3, -0.25) is 9.69 Å². The van der Waals surface area contributed by atoms with E-state index in [-0.39, 0.29) is 0 Å². The van der Waals surface area contributed by atoms with Gasteiger partial charge in [-0.1, -0.05) is 0 Å². The summed E-state index contributed by atoms with van der Waals surface area (Å²) in [4.78, 5) is 13.7. The largest absolute Gasteiger partial charge is 0.480 e. The number of thioether (sulfide) groups is 1. The molecular formula is C11H19NO3S. The van der Waals surface area contributed by atoms with Crippen molar-refractivity contribution in [3.05, 3.63) is 0 Å². The van der Waals surface area contributed by atoms with Crippen molar-refractivity contribution in [2.75, 3.05) is 31.8 Å². The number of ether oxygens (including phenoxy) is 1. The van der Waals surface area contributed by atoms with E-state index < -0.39 is 11.5 Å². The number of carbonyl (C=O) groups is 1. The highest BCUT2D eigenvalue weighted by molar-refractivity contribution is 7.99. The topological polar surface area (TPSA) is 49.8 Å². The van der Waals surface area contributed by atoms with Crippen LogP contribution in [0.15, 0.2) is 0 Å². The van der Waals surface area contributed by atoms with Gasteiger partial charge in [0.25, 0.3) is 0 Å². The fourth-order valence-electron chi connectivity index (χ4n) is 2.60. The fraction of sp³-hybridized carbons (Fsp3) is 0.909. The van der Waals surface area contributed by atoms with Crippen LogP contribution in [0.25, 0.3) is 0 Å². The monoisotopic (exact) mass is 245 g/mol. The van der Waals surface area contributed by atoms with Crippen molar-refractivity contribution >= 4 is 17.7 Å². The molecule has 0 aromatic heterocycles. The van der Waals surface area contributed by atoms with E-state index in [1.807, 2.05) is 18.8 Å². The van der Waals surface area contributed by atoms with E-state index in [9.17, 15) is 9.90 Å². The molecular weight excluding hydrogens is 226 g/mol. The summed E-state index contributed by atoms with van der Waals surface area (Å²) in [5.74, 6) is 1.53. The summed E-state index contributed by atoms with van der Waals surface area (Å²) in [5, 5.41) is 9.52. The van der Waals surface area contributed by atoms with E-state index >= 15 is 0 Å². The van der Waals surface area contributed by atoms with Gasteiger partial charge in [0.2, 0.25) is 0 Å². The van der Waals surface area contributed by atoms with Gasteiger partial charge in [-0.2, -0.15) is 11.8 Å². The van der Waals surface area contributed by atoms with Gasteiger partial charge in [0.1, 0.15) is 5.54 Å². The molecule has 2 saturated heterocycles. The Balaban J connectivity index is 2.13. The summed E-state index contributed by atoms with van der Waals surface area (Å²) >= 11 is 1.92. The third-order valence-corrected chi connectivity index (χ3v) is 4.99. The fourth-order valence-corrected chi connectivity index (χ4v) is 3.87. The molecule has 0 amide bonds. The Morgan fingerprint density at radius 2 is 2.19 bits per heavy atom. The maximum Gasteiger partial charge on any atom is 0.324 e. The maximum atomic E-state index is 11.6. The van der Waals surface area contributed by atoms with Crippen molar-refractivity contribution in [2.45, 2.75) is 30.8 Å². The molecule has 0 bridgehead atoms. The lowest BCUT2D eigenvalue weighted by Crippen LogP contribution is -2.59. The highest BCUT2D eigenvalue weighted by Gasteiger charge is 2.46. The van der Waals surface area contributed by atoms with Crippen LogP contribution in [0.2, 0.25) is 0 Å². The molecule has 0 aromatic rings. The zero-order chi connectivity index (χ0) is 11.6. The second kappa shape index (κ2) is 4.94. The average molecular weight is 245 g/mol. The Morgan fingerprint density at radius 1 is 1.50 bits per heavy atom. The summed E-state index contributed by atoms with van der Waals surface area (Å²) < 4.78 is 5.29. The molecule has 2 fully saturated rings. The van der Waals surface area contributed by atoms with E-state index in [1.54, 1.807) is 0 Å². The van der Waals surface area contributed by atoms with Gasteiger partial charge >= 0.3 is 5.97 Å². The Hall–Kier alpha value is -0.260. The van der Waals surface area contributed by atoms with Crippen molar-refractivity contribution in [2.24, 2.45) is 0 Å². The van der Waals surface area contributed by atoms with Crippen molar-refractivity contribution in [3.63, 3.8) is 0 Å². The number of carboxylic acids is 1. The molecule has 2 aliphatic rings. The molecule has 1 atom stereocenters. The van der Waals surface area contributed by atoms with Crippen LogP contribution in [0.1, 0.15) is 19.3 Å². The van der Waals surface area contributed by atoms with E-state index in [4.69, 9.17) is 4.74 Å². The first-order valence-electron chi connectivity index (χ1n) is 5.79. The molecule has 0 aromatic carbocycles. The summed E-state index contributed by atoms with van der Waals surface area (Å²) in [5.41, 5.74) is -0.687. The molecule has 0 aliphatic carbocycles. The van der Waals surface area contributed by atoms with Crippen molar-refractivity contribution in [1.82, 2.24) is 4.90 Å². The molecule has 16 heavy (non-hydrogen) atoms. The van der Waals surface area contributed by atoms with Crippen LogP contribution in [0.4, 0.5) is 0 Å². The lowest BCUT2D eigenvalue weighted by molar-refractivity contribution is -0.159. The number of hydrogen-bond acceptors (Lipinski definition) is 4. The van der Waals surface area contributed by atoms with E-state index in [0.717, 1.165) is 17.9 Å². The normalized spacial score (nSPS) is 29.5. The summed E-state index contributed by atoms with van der Waals surface area (Å²) in [6.45, 7) is 1.13. The third-order valence-electron chi connectivity index (χ3n) is 3.85. The molecule has 92 valence electrons. The lowest BCUT2D eigenvalue weighted by atomic mass is 9.87. The SMILES string of the molecule is CN(C1CCSC1)C1(C(=O)O)CCOCC1. The number of hydrogen-bond donors (Lipinski definition) is 1. The second-order valence-corrected chi connectivity index (χ2v) is 5.73. The number of carboxylic acid groups (broad SMARTS) is 1. The highest BCUT2D eigenvalue weighted by Crippen LogP contribution is 2.33. The first-order valence-corrected chi connectivity index (χ1v) is 6.94. The summed E-state index contributed by atoms with van der Waals surface area (Å²) in [6.07, 6.45) is 2.33. The molecule has 0 radical (unpaired) electrons. The van der Waals surface area contributed by atoms with Crippen molar-refractivity contribution in [1.29, 1.82) is 0 Å². The van der Waals surface area contributed by atoms with E-state index in [2.05, 4.69) is 4.90 Å². The number of aliphatic carboxylic acids is 1. The van der Waals surface area contributed by atoms with Crippen molar-refractivity contribution in [3.8, 4) is 0 Å². The van der Waals surface area contributed by atoms with Gasteiger partial charge in [0.05, 0.1) is 0 Å². The molecule has 2 rings (SSSR count). The Morgan fingerprint density at radius 3 is 2.69 bits per heavy atom. The minimum Gasteiger partial charge on any atom is -0.480 e. The zero-order valence-electron chi connectivity index (χ0n) is 9.65. The van der Waals surface area contributed by atoms with Gasteiger partial charge < -0.3 is 9.84 Å². The van der Waals surface area contributed by atoms with Crippen LogP contribution in [0.5, 0.6) is 0 Å². The van der Waals surface area contributed by atoms with Gasteiger partial charge in [-0.05, 0) is 32.1 Å². The van der Waals surface area contributed by atoms with Gasteiger partial charge in [-0.25, -0.2) is 0 Å². The zero-order valence-corrected chi connectivity index (χ0v) is 10.5. The highest BCUT2D eigenvalue weighted by atomic mass is 32.2. The molecule has 2 heterocycles. The lowest BCUT2D eigenvalue weighted by Gasteiger charge is -2.43. The maximum absolute atomic E-state index is 11.6. The predicted molar refractivity (Wildman–Crippen MR) is 63.9 cm³/mol. The van der Waals surface area contributed by atoms with Gasteiger partial charge in [-0.15, -0.1) is 0 Å². The quantitative estimate of drug-likeness (QED) is 0.805. The number of rotatable bonds is 3. The Bertz CT molecular complexity index is 260. The molecule has 4 nitrogen and oxygen atoms in total. The average Bonchev–Trinajstić information content (AvgIpc) is 2.82. The van der Waals surface area contributed by atoms with Crippen molar-refractivity contribution < 1.29 is 14.6 Å². The second-order valence-electron chi connectivity index (χ2n) is 4.58. The molecule has 1 N–H and O–H groups in total. The Kier molecular flexibility index (Phi) is 3.77. The molecule has 0 saturated carbocycles. The molecule has 0 spiro atoms. The van der Waals surface area contributed by atoms with E-state index in [1.165, 1.54) is 0 Å². The van der Waals surface area contributed by atoms with E-state index in [0.29, 0.717) is 32.1 Å². The number of likely N-dealkylation sites (N-methyl/N-ethyl adjacent to an activating group) is 1. The van der Waals surface area contributed by atoms with Crippen LogP contribution in [0.3, 0.4) is 0 Å². The van der Waals surface area contributed by atoms with Crippen LogP contribution in [-0.4, -0.2) is 59.3 Å². The molecule has 5 heteroatoms. The minimum atomic E-state index is -0.687. The van der Waals surface area contributed by atoms with Crippen LogP contribution >= 0.6 is 11.8 Å². The molecule has 1 unspecified atom stereocenters. The van der Waals surface area contributed by atoms with Gasteiger partial charge in [0, 0.05) is 25.0 Å². The first-order chi connectivity index (χ1) is 7.67. The van der Waals surface area contributed by atoms with Crippen LogP contribution in [0, 0.1) is 0 Å². The summed E-state index contributed by atoms with van der Waals surface area (Å²) in [7, 11) is 1.97. The third kappa shape index (κ3) is 2.08. The van der Waals surface area contributed by atoms with Gasteiger partial charge in [0.15, 0.2) is 0 Å². The summed E-state index contributed by atoms with van der Waals surface area (Å²) in [6, 6.07) is 0.416. The van der Waals surface area contributed by atoms with Crippen LogP contribution < -0.4 is 0 Å². The minimum absolute atomic E-state index is 0.416. The smallest absolute Gasteiger partial charge is 0.324 e. The van der Waals surface area contributed by atoms with Crippen LogP contribution in [-0.2, 0) is 9.53 Å². The predicted octanol–water partition coefficient (Wildman–Crippen LogP) is 1.06. The Labute approximate surface area is 100 Å². The standard InChI is InChI=1S/C11H19NO3S/c1-12(9-2-7-16-8-9)11(10(13)14)3-5-15-6-4-11/h9H,2-8H2,1H3,(H,13,14). The molecule has 2 aliphatic heterocycles.